The number of amides is 1. The lowest BCUT2D eigenvalue weighted by atomic mass is 10.1. The van der Waals surface area contributed by atoms with Crippen molar-refractivity contribution in [2.75, 3.05) is 24.7 Å². The van der Waals surface area contributed by atoms with E-state index in [1.54, 1.807) is 0 Å². The zero-order chi connectivity index (χ0) is 16.8. The smallest absolute Gasteiger partial charge is 0.225 e. The highest BCUT2D eigenvalue weighted by Gasteiger charge is 2.17. The van der Waals surface area contributed by atoms with Crippen LogP contribution in [0.2, 0.25) is 0 Å². The molecule has 0 aliphatic rings. The second-order valence-electron chi connectivity index (χ2n) is 5.63. The predicted molar refractivity (Wildman–Crippen MR) is 90.5 cm³/mol. The van der Waals surface area contributed by atoms with E-state index in [1.165, 1.54) is 10.6 Å². The van der Waals surface area contributed by atoms with E-state index in [0.717, 1.165) is 29.7 Å². The van der Waals surface area contributed by atoms with Gasteiger partial charge in [-0.2, -0.15) is 0 Å². The van der Waals surface area contributed by atoms with E-state index >= 15 is 0 Å². The first-order chi connectivity index (χ1) is 10.2. The Morgan fingerprint density at radius 2 is 1.91 bits per heavy atom. The number of unbranched alkanes of at least 4 members (excludes halogenated alkanes) is 1. The van der Waals surface area contributed by atoms with Crippen molar-refractivity contribution < 1.29 is 13.2 Å². The molecule has 0 atom stereocenters. The van der Waals surface area contributed by atoms with Crippen molar-refractivity contribution in [2.24, 2.45) is 0 Å². The van der Waals surface area contributed by atoms with Gasteiger partial charge in [0.1, 0.15) is 0 Å². The molecule has 0 heterocycles. The Morgan fingerprint density at radius 1 is 1.23 bits per heavy atom. The van der Waals surface area contributed by atoms with Crippen LogP contribution in [-0.4, -0.2) is 38.0 Å². The van der Waals surface area contributed by atoms with Crippen LogP contribution in [0.25, 0.3) is 0 Å². The van der Waals surface area contributed by atoms with Crippen LogP contribution < -0.4 is 5.32 Å². The average molecular weight is 326 g/mol. The standard InChI is InChI=1S/C16H26N2O3S/c1-5-6-10-18(22(4,20)21)11-9-16(19)17-15-12-13(2)7-8-14(15)3/h7-8,12H,5-6,9-11H2,1-4H3,(H,17,19). The maximum absolute atomic E-state index is 12.0. The van der Waals surface area contributed by atoms with Crippen LogP contribution in [0.4, 0.5) is 5.69 Å². The molecule has 5 nitrogen and oxygen atoms in total. The molecule has 0 spiro atoms. The van der Waals surface area contributed by atoms with Gasteiger partial charge in [0.05, 0.1) is 6.26 Å². The van der Waals surface area contributed by atoms with Gasteiger partial charge in [-0.1, -0.05) is 25.5 Å². The van der Waals surface area contributed by atoms with Gasteiger partial charge in [-0.3, -0.25) is 4.79 Å². The lowest BCUT2D eigenvalue weighted by Crippen LogP contribution is -2.33. The van der Waals surface area contributed by atoms with E-state index in [-0.39, 0.29) is 18.9 Å². The van der Waals surface area contributed by atoms with Crippen molar-refractivity contribution in [3.8, 4) is 0 Å². The molecule has 6 heteroatoms. The third-order valence-electron chi connectivity index (χ3n) is 3.49. The first-order valence-electron chi connectivity index (χ1n) is 7.56. The van der Waals surface area contributed by atoms with Gasteiger partial charge in [-0.25, -0.2) is 12.7 Å². The number of nitrogens with zero attached hydrogens (tertiary/aromatic N) is 1. The molecular weight excluding hydrogens is 300 g/mol. The van der Waals surface area contributed by atoms with Crippen molar-refractivity contribution in [2.45, 2.75) is 40.0 Å². The highest BCUT2D eigenvalue weighted by Crippen LogP contribution is 2.16. The summed E-state index contributed by atoms with van der Waals surface area (Å²) in [6, 6.07) is 5.86. The first kappa shape index (κ1) is 18.6. The number of benzene rings is 1. The van der Waals surface area contributed by atoms with Gasteiger partial charge in [-0.15, -0.1) is 0 Å². The van der Waals surface area contributed by atoms with Crippen LogP contribution in [0.15, 0.2) is 18.2 Å². The van der Waals surface area contributed by atoms with E-state index < -0.39 is 10.0 Å². The summed E-state index contributed by atoms with van der Waals surface area (Å²) in [5, 5.41) is 2.85. The molecule has 0 aromatic heterocycles. The van der Waals surface area contributed by atoms with Crippen molar-refractivity contribution >= 4 is 21.6 Å². The summed E-state index contributed by atoms with van der Waals surface area (Å²) in [5.41, 5.74) is 2.84. The number of carbonyl (C=O) groups excluding carboxylic acids is 1. The first-order valence-corrected chi connectivity index (χ1v) is 9.41. The van der Waals surface area contributed by atoms with Gasteiger partial charge in [0.2, 0.25) is 15.9 Å². The summed E-state index contributed by atoms with van der Waals surface area (Å²) in [4.78, 5) is 12.0. The Kier molecular flexibility index (Phi) is 7.03. The highest BCUT2D eigenvalue weighted by molar-refractivity contribution is 7.88. The lowest BCUT2D eigenvalue weighted by Gasteiger charge is -2.19. The van der Waals surface area contributed by atoms with Gasteiger partial charge in [-0.05, 0) is 37.5 Å². The molecule has 22 heavy (non-hydrogen) atoms. The van der Waals surface area contributed by atoms with Gasteiger partial charge in [0, 0.05) is 25.2 Å². The number of aryl methyl sites for hydroxylation is 2. The topological polar surface area (TPSA) is 66.5 Å². The van der Waals surface area contributed by atoms with Gasteiger partial charge in [0.25, 0.3) is 0 Å². The monoisotopic (exact) mass is 326 g/mol. The molecule has 1 rings (SSSR count). The number of sulfonamides is 1. The minimum atomic E-state index is -3.27. The molecule has 0 fully saturated rings. The predicted octanol–water partition coefficient (Wildman–Crippen LogP) is 2.69. The Labute approximate surface area is 133 Å². The molecule has 0 bridgehead atoms. The summed E-state index contributed by atoms with van der Waals surface area (Å²) in [6.07, 6.45) is 3.06. The van der Waals surface area contributed by atoms with Crippen LogP contribution in [-0.2, 0) is 14.8 Å². The van der Waals surface area contributed by atoms with Crippen LogP contribution >= 0.6 is 0 Å². The largest absolute Gasteiger partial charge is 0.326 e. The molecule has 124 valence electrons. The molecule has 1 aromatic rings. The number of nitrogens with one attached hydrogen (secondary N) is 1. The van der Waals surface area contributed by atoms with E-state index in [1.807, 2.05) is 39.0 Å². The summed E-state index contributed by atoms with van der Waals surface area (Å²) >= 11 is 0. The molecule has 0 aliphatic carbocycles. The maximum Gasteiger partial charge on any atom is 0.225 e. The van der Waals surface area contributed by atoms with Crippen molar-refractivity contribution in [3.63, 3.8) is 0 Å². The Hall–Kier alpha value is -1.40. The Morgan fingerprint density at radius 3 is 2.50 bits per heavy atom. The Bertz CT molecular complexity index is 612. The fourth-order valence-electron chi connectivity index (χ4n) is 2.09. The summed E-state index contributed by atoms with van der Waals surface area (Å²) in [5.74, 6) is -0.168. The molecular formula is C16H26N2O3S. The molecule has 0 saturated carbocycles. The van der Waals surface area contributed by atoms with E-state index in [9.17, 15) is 13.2 Å². The summed E-state index contributed by atoms with van der Waals surface area (Å²) < 4.78 is 24.8. The SMILES string of the molecule is CCCCN(CCC(=O)Nc1cc(C)ccc1C)S(C)(=O)=O. The molecule has 0 radical (unpaired) electrons. The van der Waals surface area contributed by atoms with Crippen LogP contribution in [0, 0.1) is 13.8 Å². The zero-order valence-electron chi connectivity index (χ0n) is 13.8. The van der Waals surface area contributed by atoms with E-state index in [0.29, 0.717) is 6.54 Å². The lowest BCUT2D eigenvalue weighted by molar-refractivity contribution is -0.116. The normalized spacial score (nSPS) is 11.7. The molecule has 1 aromatic carbocycles. The van der Waals surface area contributed by atoms with Gasteiger partial charge < -0.3 is 5.32 Å². The molecule has 0 saturated heterocycles. The third-order valence-corrected chi connectivity index (χ3v) is 4.79. The minimum Gasteiger partial charge on any atom is -0.326 e. The number of hydrogen-bond acceptors (Lipinski definition) is 3. The highest BCUT2D eigenvalue weighted by atomic mass is 32.2. The average Bonchev–Trinajstić information content (AvgIpc) is 2.41. The number of anilines is 1. The zero-order valence-corrected chi connectivity index (χ0v) is 14.7. The number of rotatable bonds is 8. The van der Waals surface area contributed by atoms with Crippen molar-refractivity contribution in [3.05, 3.63) is 29.3 Å². The molecule has 1 N–H and O–H groups in total. The van der Waals surface area contributed by atoms with Gasteiger partial charge in [0.15, 0.2) is 0 Å². The van der Waals surface area contributed by atoms with Crippen molar-refractivity contribution in [1.82, 2.24) is 4.31 Å². The van der Waals surface area contributed by atoms with E-state index in [4.69, 9.17) is 0 Å². The summed E-state index contributed by atoms with van der Waals surface area (Å²) in [6.45, 7) is 6.58. The second-order valence-corrected chi connectivity index (χ2v) is 7.61. The second kappa shape index (κ2) is 8.29. The number of hydrogen-bond donors (Lipinski definition) is 1. The fraction of sp³-hybridized carbons (Fsp3) is 0.562. The Balaban J connectivity index is 2.62. The maximum atomic E-state index is 12.0. The van der Waals surface area contributed by atoms with Crippen LogP contribution in [0.3, 0.4) is 0 Å². The fourth-order valence-corrected chi connectivity index (χ4v) is 2.97. The third kappa shape index (κ3) is 6.15. The minimum absolute atomic E-state index is 0.157. The number of carbonyl (C=O) groups is 1. The van der Waals surface area contributed by atoms with Crippen molar-refractivity contribution in [1.29, 1.82) is 0 Å². The van der Waals surface area contributed by atoms with E-state index in [2.05, 4.69) is 5.32 Å². The van der Waals surface area contributed by atoms with Crippen LogP contribution in [0.5, 0.6) is 0 Å². The van der Waals surface area contributed by atoms with Gasteiger partial charge >= 0.3 is 0 Å². The molecule has 0 unspecified atom stereocenters. The molecule has 1 amide bonds. The quantitative estimate of drug-likeness (QED) is 0.799. The van der Waals surface area contributed by atoms with Crippen LogP contribution in [0.1, 0.15) is 37.3 Å². The molecule has 0 aliphatic heterocycles. The summed E-state index contributed by atoms with van der Waals surface area (Å²) in [7, 11) is -3.27.